The highest BCUT2D eigenvalue weighted by atomic mass is 16.5. The molecule has 0 aromatic carbocycles. The van der Waals surface area contributed by atoms with E-state index in [1.165, 1.54) is 19.2 Å². The van der Waals surface area contributed by atoms with Crippen molar-refractivity contribution in [2.45, 2.75) is 25.8 Å². The van der Waals surface area contributed by atoms with Crippen LogP contribution in [0.1, 0.15) is 19.8 Å². The second-order valence-corrected chi connectivity index (χ2v) is 3.86. The molecule has 1 aromatic heterocycles. The van der Waals surface area contributed by atoms with Gasteiger partial charge in [-0.05, 0) is 26.3 Å². The van der Waals surface area contributed by atoms with Crippen molar-refractivity contribution < 1.29 is 4.74 Å². The Morgan fingerprint density at radius 1 is 1.56 bits per heavy atom. The Morgan fingerprint density at radius 2 is 2.50 bits per heavy atom. The summed E-state index contributed by atoms with van der Waals surface area (Å²) in [6, 6.07) is 2.30. The Morgan fingerprint density at radius 3 is 3.25 bits per heavy atom. The molecule has 1 atom stereocenters. The Hall–Kier alpha value is -1.36. The minimum absolute atomic E-state index is 0.457. The standard InChI is InChI=1S/C11H18N4O/c1-2-16-11-6-10(13-8-14-11)15-9-4-3-5-12-7-9/h6,8-9,12H,2-5,7H2,1H3,(H,13,14,15)/t9-/m0/s1. The molecule has 1 aliphatic heterocycles. The lowest BCUT2D eigenvalue weighted by Crippen LogP contribution is -2.38. The zero-order valence-corrected chi connectivity index (χ0v) is 9.57. The van der Waals surface area contributed by atoms with Crippen molar-refractivity contribution in [2.75, 3.05) is 25.0 Å². The van der Waals surface area contributed by atoms with Gasteiger partial charge in [0.1, 0.15) is 12.1 Å². The van der Waals surface area contributed by atoms with Gasteiger partial charge in [-0.25, -0.2) is 9.97 Å². The van der Waals surface area contributed by atoms with E-state index in [1.54, 1.807) is 0 Å². The van der Waals surface area contributed by atoms with E-state index >= 15 is 0 Å². The van der Waals surface area contributed by atoms with E-state index < -0.39 is 0 Å². The maximum Gasteiger partial charge on any atom is 0.218 e. The molecule has 0 bridgehead atoms. The largest absolute Gasteiger partial charge is 0.478 e. The van der Waals surface area contributed by atoms with Crippen LogP contribution in [0.4, 0.5) is 5.82 Å². The van der Waals surface area contributed by atoms with Gasteiger partial charge < -0.3 is 15.4 Å². The quantitative estimate of drug-likeness (QED) is 0.797. The number of piperidine rings is 1. The van der Waals surface area contributed by atoms with E-state index in [1.807, 2.05) is 13.0 Å². The molecule has 88 valence electrons. The first-order valence-electron chi connectivity index (χ1n) is 5.80. The van der Waals surface area contributed by atoms with Crippen LogP contribution in [0.2, 0.25) is 0 Å². The molecule has 0 unspecified atom stereocenters. The second kappa shape index (κ2) is 5.65. The maximum absolute atomic E-state index is 5.33. The number of ether oxygens (including phenoxy) is 1. The molecule has 1 saturated heterocycles. The average molecular weight is 222 g/mol. The van der Waals surface area contributed by atoms with Crippen LogP contribution in [0.15, 0.2) is 12.4 Å². The molecule has 1 fully saturated rings. The van der Waals surface area contributed by atoms with E-state index in [2.05, 4.69) is 20.6 Å². The Bertz CT molecular complexity index is 326. The third-order valence-electron chi connectivity index (χ3n) is 2.58. The van der Waals surface area contributed by atoms with Crippen LogP contribution in [0.5, 0.6) is 5.88 Å². The molecule has 0 radical (unpaired) electrons. The summed E-state index contributed by atoms with van der Waals surface area (Å²) in [6.45, 7) is 4.68. The maximum atomic E-state index is 5.33. The van der Waals surface area contributed by atoms with Gasteiger partial charge in [0.15, 0.2) is 0 Å². The summed E-state index contributed by atoms with van der Waals surface area (Å²) in [7, 11) is 0. The van der Waals surface area contributed by atoms with Gasteiger partial charge in [-0.2, -0.15) is 0 Å². The van der Waals surface area contributed by atoms with Crippen LogP contribution in [0.3, 0.4) is 0 Å². The minimum Gasteiger partial charge on any atom is -0.478 e. The first kappa shape index (κ1) is 11.1. The summed E-state index contributed by atoms with van der Waals surface area (Å²) in [6.07, 6.45) is 3.92. The number of rotatable bonds is 4. The summed E-state index contributed by atoms with van der Waals surface area (Å²) in [4.78, 5) is 8.22. The van der Waals surface area contributed by atoms with Crippen molar-refractivity contribution in [3.05, 3.63) is 12.4 Å². The van der Waals surface area contributed by atoms with E-state index in [0.29, 0.717) is 18.5 Å². The Balaban J connectivity index is 1.94. The van der Waals surface area contributed by atoms with E-state index in [9.17, 15) is 0 Å². The van der Waals surface area contributed by atoms with Gasteiger partial charge in [-0.3, -0.25) is 0 Å². The minimum atomic E-state index is 0.457. The predicted octanol–water partition coefficient (Wildman–Crippen LogP) is 1.04. The van der Waals surface area contributed by atoms with Gasteiger partial charge >= 0.3 is 0 Å². The molecule has 1 aromatic rings. The predicted molar refractivity (Wildman–Crippen MR) is 62.7 cm³/mol. The SMILES string of the molecule is CCOc1cc(N[C@H]2CCCNC2)ncn1. The first-order chi connectivity index (χ1) is 7.88. The topological polar surface area (TPSA) is 59.1 Å². The van der Waals surface area contributed by atoms with Crippen LogP contribution in [-0.4, -0.2) is 35.7 Å². The second-order valence-electron chi connectivity index (χ2n) is 3.86. The van der Waals surface area contributed by atoms with Gasteiger partial charge in [-0.15, -0.1) is 0 Å². The highest BCUT2D eigenvalue weighted by Crippen LogP contribution is 2.14. The third kappa shape index (κ3) is 3.06. The van der Waals surface area contributed by atoms with E-state index in [-0.39, 0.29) is 0 Å². The number of nitrogens with zero attached hydrogens (tertiary/aromatic N) is 2. The number of anilines is 1. The Labute approximate surface area is 95.6 Å². The number of hydrogen-bond donors (Lipinski definition) is 2. The fraction of sp³-hybridized carbons (Fsp3) is 0.636. The summed E-state index contributed by atoms with van der Waals surface area (Å²) in [5.41, 5.74) is 0. The number of aromatic nitrogens is 2. The summed E-state index contributed by atoms with van der Waals surface area (Å²) in [5, 5.41) is 6.74. The fourth-order valence-corrected chi connectivity index (χ4v) is 1.83. The molecule has 5 nitrogen and oxygen atoms in total. The third-order valence-corrected chi connectivity index (χ3v) is 2.58. The van der Waals surface area contributed by atoms with Crippen LogP contribution in [-0.2, 0) is 0 Å². The van der Waals surface area contributed by atoms with Crippen LogP contribution in [0, 0.1) is 0 Å². The molecule has 2 rings (SSSR count). The molecule has 5 heteroatoms. The highest BCUT2D eigenvalue weighted by molar-refractivity contribution is 5.38. The normalized spacial score (nSPS) is 20.4. The van der Waals surface area contributed by atoms with Crippen LogP contribution >= 0.6 is 0 Å². The van der Waals surface area contributed by atoms with Crippen molar-refractivity contribution in [2.24, 2.45) is 0 Å². The highest BCUT2D eigenvalue weighted by Gasteiger charge is 2.13. The molecule has 16 heavy (non-hydrogen) atoms. The van der Waals surface area contributed by atoms with Crippen LogP contribution in [0.25, 0.3) is 0 Å². The molecule has 0 saturated carbocycles. The summed E-state index contributed by atoms with van der Waals surface area (Å²) < 4.78 is 5.33. The molecule has 1 aliphatic rings. The Kier molecular flexibility index (Phi) is 3.93. The van der Waals surface area contributed by atoms with E-state index in [0.717, 1.165) is 18.9 Å². The molecular weight excluding hydrogens is 204 g/mol. The monoisotopic (exact) mass is 222 g/mol. The van der Waals surface area contributed by atoms with Crippen molar-refractivity contribution in [1.82, 2.24) is 15.3 Å². The van der Waals surface area contributed by atoms with Crippen LogP contribution < -0.4 is 15.4 Å². The molecule has 0 amide bonds. The first-order valence-corrected chi connectivity index (χ1v) is 5.80. The molecular formula is C11H18N4O. The zero-order chi connectivity index (χ0) is 11.2. The van der Waals surface area contributed by atoms with Crippen molar-refractivity contribution in [3.8, 4) is 5.88 Å². The zero-order valence-electron chi connectivity index (χ0n) is 9.57. The van der Waals surface area contributed by atoms with Crippen molar-refractivity contribution in [3.63, 3.8) is 0 Å². The molecule has 0 spiro atoms. The molecule has 2 heterocycles. The van der Waals surface area contributed by atoms with Crippen molar-refractivity contribution >= 4 is 5.82 Å². The smallest absolute Gasteiger partial charge is 0.218 e. The number of hydrogen-bond acceptors (Lipinski definition) is 5. The lowest BCUT2D eigenvalue weighted by atomic mass is 10.1. The van der Waals surface area contributed by atoms with E-state index in [4.69, 9.17) is 4.74 Å². The lowest BCUT2D eigenvalue weighted by Gasteiger charge is -2.24. The fourth-order valence-electron chi connectivity index (χ4n) is 1.83. The average Bonchev–Trinajstić information content (AvgIpc) is 2.31. The van der Waals surface area contributed by atoms with Gasteiger partial charge in [0.25, 0.3) is 0 Å². The molecule has 2 N–H and O–H groups in total. The van der Waals surface area contributed by atoms with Gasteiger partial charge in [0.05, 0.1) is 6.61 Å². The molecule has 0 aliphatic carbocycles. The summed E-state index contributed by atoms with van der Waals surface area (Å²) >= 11 is 0. The van der Waals surface area contributed by atoms with Gasteiger partial charge in [-0.1, -0.05) is 0 Å². The van der Waals surface area contributed by atoms with Crippen molar-refractivity contribution in [1.29, 1.82) is 0 Å². The van der Waals surface area contributed by atoms with Gasteiger partial charge in [0.2, 0.25) is 5.88 Å². The number of nitrogens with one attached hydrogen (secondary N) is 2. The van der Waals surface area contributed by atoms with Gasteiger partial charge in [0, 0.05) is 18.7 Å². The summed E-state index contributed by atoms with van der Waals surface area (Å²) in [5.74, 6) is 1.47. The lowest BCUT2D eigenvalue weighted by molar-refractivity contribution is 0.326.